The third kappa shape index (κ3) is 2.92. The van der Waals surface area contributed by atoms with Crippen LogP contribution in [0.25, 0.3) is 11.1 Å². The van der Waals surface area contributed by atoms with Crippen LogP contribution in [0, 0.1) is 17.4 Å². The lowest BCUT2D eigenvalue weighted by atomic mass is 9.72. The number of nitriles is 1. The lowest BCUT2D eigenvalue weighted by molar-refractivity contribution is -0.147. The maximum absolute atomic E-state index is 13.9. The second-order valence-corrected chi connectivity index (χ2v) is 9.38. The first kappa shape index (κ1) is 22.2. The van der Waals surface area contributed by atoms with Crippen LogP contribution in [0.3, 0.4) is 0 Å². The fraction of sp³-hybridized carbons (Fsp3) is 0.133. The Morgan fingerprint density at radius 2 is 1.42 bits per heavy atom. The van der Waals surface area contributed by atoms with Gasteiger partial charge in [0.2, 0.25) is 6.19 Å². The fourth-order valence-electron chi connectivity index (χ4n) is 6.03. The quantitative estimate of drug-likeness (QED) is 0.248. The summed E-state index contributed by atoms with van der Waals surface area (Å²) in [6.07, 6.45) is 2.42. The lowest BCUT2D eigenvalue weighted by Gasteiger charge is -2.41. The molecule has 0 bridgehead atoms. The van der Waals surface area contributed by atoms with Crippen LogP contribution < -0.4 is 5.01 Å². The van der Waals surface area contributed by atoms with E-state index in [-0.39, 0.29) is 5.97 Å². The second kappa shape index (κ2) is 8.44. The van der Waals surface area contributed by atoms with Crippen LogP contribution >= 0.6 is 11.6 Å². The van der Waals surface area contributed by atoms with Crippen molar-refractivity contribution in [2.24, 2.45) is 5.92 Å². The maximum atomic E-state index is 13.9. The number of ether oxygens (including phenoxy) is 1. The number of carbonyl (C=O) groups is 1. The third-order valence-electron chi connectivity index (χ3n) is 7.31. The molecule has 2 atom stereocenters. The van der Waals surface area contributed by atoms with Crippen molar-refractivity contribution in [2.75, 3.05) is 12.1 Å². The smallest absolute Gasteiger partial charge is 0.314 e. The van der Waals surface area contributed by atoms with Gasteiger partial charge in [-0.05, 0) is 52.1 Å². The molecule has 0 aromatic heterocycles. The van der Waals surface area contributed by atoms with E-state index in [0.717, 1.165) is 33.5 Å². The van der Waals surface area contributed by atoms with Crippen LogP contribution in [-0.2, 0) is 15.1 Å². The number of methoxy groups -OCH3 is 1. The van der Waals surface area contributed by atoms with E-state index in [4.69, 9.17) is 16.3 Å². The van der Waals surface area contributed by atoms with Gasteiger partial charge < -0.3 is 4.74 Å². The maximum Gasteiger partial charge on any atom is 0.314 e. The molecule has 0 radical (unpaired) electrons. The molecule has 2 aliphatic rings. The molecule has 4 aromatic rings. The predicted molar refractivity (Wildman–Crippen MR) is 139 cm³/mol. The minimum Gasteiger partial charge on any atom is -0.469 e. The van der Waals surface area contributed by atoms with E-state index >= 15 is 0 Å². The van der Waals surface area contributed by atoms with Gasteiger partial charge in [-0.2, -0.15) is 5.26 Å². The number of hydrogen-bond acceptors (Lipinski definition) is 5. The van der Waals surface area contributed by atoms with E-state index in [9.17, 15) is 10.1 Å². The van der Waals surface area contributed by atoms with Crippen LogP contribution in [-0.4, -0.2) is 18.1 Å². The first-order chi connectivity index (χ1) is 17.6. The number of anilines is 1. The van der Waals surface area contributed by atoms with Gasteiger partial charge >= 0.3 is 5.97 Å². The molecule has 5 nitrogen and oxygen atoms in total. The molecule has 36 heavy (non-hydrogen) atoms. The number of rotatable bonds is 3. The van der Waals surface area contributed by atoms with Crippen molar-refractivity contribution in [1.29, 1.82) is 5.26 Å². The number of carbonyl (C=O) groups excluding carboxylic acids is 1. The summed E-state index contributed by atoms with van der Waals surface area (Å²) < 4.78 is 5.48. The molecular formula is C30H22ClN3O2. The van der Waals surface area contributed by atoms with Gasteiger partial charge in [-0.25, -0.2) is 5.01 Å². The van der Waals surface area contributed by atoms with Crippen LogP contribution in [0.2, 0.25) is 5.02 Å². The Labute approximate surface area is 214 Å². The highest BCUT2D eigenvalue weighted by Crippen LogP contribution is 2.63. The number of fused-ring (bicyclic) bond motifs is 5. The van der Waals surface area contributed by atoms with E-state index in [0.29, 0.717) is 5.02 Å². The van der Waals surface area contributed by atoms with Gasteiger partial charge in [0.05, 0.1) is 12.8 Å². The Balaban J connectivity index is 1.76. The van der Waals surface area contributed by atoms with Gasteiger partial charge in [-0.3, -0.25) is 9.80 Å². The molecule has 2 unspecified atom stereocenters. The van der Waals surface area contributed by atoms with Gasteiger partial charge in [0.25, 0.3) is 0 Å². The van der Waals surface area contributed by atoms with Crippen LogP contribution in [0.5, 0.6) is 0 Å². The molecule has 6 heteroatoms. The summed E-state index contributed by atoms with van der Waals surface area (Å²) in [4.78, 5) is 13.9. The summed E-state index contributed by atoms with van der Waals surface area (Å²) in [7, 11) is 1.41. The number of hydrazine groups is 1. The monoisotopic (exact) mass is 491 g/mol. The van der Waals surface area contributed by atoms with Gasteiger partial charge in [-0.1, -0.05) is 90.5 Å². The van der Waals surface area contributed by atoms with Gasteiger partial charge in [-0.15, -0.1) is 0 Å². The van der Waals surface area contributed by atoms with E-state index in [1.165, 1.54) is 7.11 Å². The molecule has 1 heterocycles. The number of nitrogens with zero attached hydrogens (tertiary/aromatic N) is 3. The predicted octanol–water partition coefficient (Wildman–Crippen LogP) is 6.31. The van der Waals surface area contributed by atoms with Crippen molar-refractivity contribution >= 4 is 23.3 Å². The largest absolute Gasteiger partial charge is 0.469 e. The topological polar surface area (TPSA) is 56.6 Å². The summed E-state index contributed by atoms with van der Waals surface area (Å²) in [6, 6.07) is 32.7. The highest BCUT2D eigenvalue weighted by atomic mass is 35.5. The lowest BCUT2D eigenvalue weighted by Crippen LogP contribution is -2.50. The molecule has 6 rings (SSSR count). The first-order valence-corrected chi connectivity index (χ1v) is 12.1. The van der Waals surface area contributed by atoms with E-state index in [2.05, 4.69) is 30.5 Å². The van der Waals surface area contributed by atoms with Crippen LogP contribution in [0.15, 0.2) is 103 Å². The van der Waals surface area contributed by atoms with Crippen LogP contribution in [0.1, 0.15) is 22.7 Å². The van der Waals surface area contributed by atoms with E-state index in [1.807, 2.05) is 71.7 Å². The summed E-state index contributed by atoms with van der Waals surface area (Å²) >= 11 is 6.26. The highest BCUT2D eigenvalue weighted by Gasteiger charge is 2.67. The third-order valence-corrected chi connectivity index (χ3v) is 7.57. The Morgan fingerprint density at radius 1 is 0.861 bits per heavy atom. The molecule has 0 amide bonds. The van der Waals surface area contributed by atoms with Crippen molar-refractivity contribution in [2.45, 2.75) is 11.6 Å². The van der Waals surface area contributed by atoms with Crippen molar-refractivity contribution in [3.63, 3.8) is 0 Å². The molecule has 4 aromatic carbocycles. The number of benzene rings is 4. The highest BCUT2D eigenvalue weighted by molar-refractivity contribution is 6.30. The number of halogens is 1. The van der Waals surface area contributed by atoms with Crippen molar-refractivity contribution in [3.8, 4) is 17.3 Å². The fourth-order valence-corrected chi connectivity index (χ4v) is 6.16. The molecule has 0 N–H and O–H groups in total. The zero-order valence-electron chi connectivity index (χ0n) is 19.5. The second-order valence-electron chi connectivity index (χ2n) is 8.95. The SMILES string of the molecule is COC(=O)C1C(c2ccccc2)N(C#N)N(c2ccc(Cl)cc2)C12c1ccccc1-c1ccccc12. The molecule has 176 valence electrons. The van der Waals surface area contributed by atoms with Crippen molar-refractivity contribution in [3.05, 3.63) is 125 Å². The zero-order chi connectivity index (χ0) is 24.9. The average molecular weight is 492 g/mol. The van der Waals surface area contributed by atoms with Gasteiger partial charge in [0.1, 0.15) is 17.5 Å². The molecule has 1 saturated heterocycles. The Morgan fingerprint density at radius 3 is 1.97 bits per heavy atom. The summed E-state index contributed by atoms with van der Waals surface area (Å²) in [5.74, 6) is -1.13. The standard InChI is InChI=1S/C30H22ClN3O2/c1-36-29(35)27-28(20-9-3-2-4-10-20)33(19-32)34(22-17-15-21(31)16-18-22)30(27)25-13-7-5-11-23(25)24-12-6-8-14-26(24)30/h2-18,27-28H,1H3. The van der Waals surface area contributed by atoms with Crippen molar-refractivity contribution in [1.82, 2.24) is 5.01 Å². The minimum absolute atomic E-state index is 0.382. The number of esters is 1. The molecular weight excluding hydrogens is 470 g/mol. The Hall–Kier alpha value is -4.27. The van der Waals surface area contributed by atoms with Gasteiger partial charge in [0, 0.05) is 5.02 Å². The van der Waals surface area contributed by atoms with E-state index < -0.39 is 17.5 Å². The first-order valence-electron chi connectivity index (χ1n) is 11.7. The molecule has 1 fully saturated rings. The average Bonchev–Trinajstić information content (AvgIpc) is 3.40. The summed E-state index contributed by atoms with van der Waals surface area (Å²) in [5, 5.41) is 14.8. The molecule has 1 aliphatic heterocycles. The summed E-state index contributed by atoms with van der Waals surface area (Å²) in [6.45, 7) is 0. The Bertz CT molecular complexity index is 1450. The number of hydrogen-bond donors (Lipinski definition) is 0. The van der Waals surface area contributed by atoms with E-state index in [1.54, 1.807) is 17.1 Å². The zero-order valence-corrected chi connectivity index (χ0v) is 20.3. The molecule has 1 spiro atoms. The summed E-state index contributed by atoms with van der Waals surface area (Å²) in [5.41, 5.74) is 4.56. The normalized spacial score (nSPS) is 19.0. The van der Waals surface area contributed by atoms with Crippen LogP contribution in [0.4, 0.5) is 5.69 Å². The molecule has 1 aliphatic carbocycles. The molecule has 0 saturated carbocycles. The minimum atomic E-state index is -1.02. The van der Waals surface area contributed by atoms with Crippen molar-refractivity contribution < 1.29 is 9.53 Å². The Kier molecular flexibility index (Phi) is 5.21. The van der Waals surface area contributed by atoms with Gasteiger partial charge in [0.15, 0.2) is 0 Å².